The van der Waals surface area contributed by atoms with Crippen LogP contribution in [0.4, 0.5) is 0 Å². The Bertz CT molecular complexity index is 552. The monoisotopic (exact) mass is 244 g/mol. The highest BCUT2D eigenvalue weighted by atomic mass is 15.3. The fourth-order valence-electron chi connectivity index (χ4n) is 3.00. The van der Waals surface area contributed by atoms with Crippen LogP contribution >= 0.6 is 0 Å². The number of aromatic nitrogens is 3. The molecule has 96 valence electrons. The summed E-state index contributed by atoms with van der Waals surface area (Å²) in [5.74, 6) is 0.635. The third kappa shape index (κ3) is 1.90. The molecule has 1 aliphatic rings. The number of fused-ring (bicyclic) bond motifs is 1. The van der Waals surface area contributed by atoms with Gasteiger partial charge in [0, 0.05) is 17.8 Å². The van der Waals surface area contributed by atoms with Gasteiger partial charge in [-0.05, 0) is 31.7 Å². The average molecular weight is 244 g/mol. The molecule has 4 heteroatoms. The molecule has 3 rings (SSSR count). The first kappa shape index (κ1) is 11.7. The molecule has 2 aromatic heterocycles. The second-order valence-corrected chi connectivity index (χ2v) is 5.26. The Kier molecular flexibility index (Phi) is 3.04. The van der Waals surface area contributed by atoms with E-state index in [0.29, 0.717) is 12.5 Å². The highest BCUT2D eigenvalue weighted by Gasteiger charge is 2.20. The van der Waals surface area contributed by atoms with E-state index >= 15 is 0 Å². The normalized spacial score (nSPS) is 17.4. The summed E-state index contributed by atoms with van der Waals surface area (Å²) in [7, 11) is 0. The van der Waals surface area contributed by atoms with Crippen LogP contribution in [0.2, 0.25) is 0 Å². The van der Waals surface area contributed by atoms with Crippen LogP contribution in [0.5, 0.6) is 0 Å². The first-order valence-corrected chi connectivity index (χ1v) is 6.84. The number of rotatable bonds is 2. The summed E-state index contributed by atoms with van der Waals surface area (Å²) >= 11 is 0. The van der Waals surface area contributed by atoms with Crippen molar-refractivity contribution in [1.82, 2.24) is 14.6 Å². The van der Waals surface area contributed by atoms with Crippen LogP contribution in [0.15, 0.2) is 12.3 Å². The first-order chi connectivity index (χ1) is 8.79. The average Bonchev–Trinajstić information content (AvgIpc) is 2.84. The number of nitrogens with two attached hydrogens (primary N) is 1. The lowest BCUT2D eigenvalue weighted by atomic mass is 9.85. The van der Waals surface area contributed by atoms with Gasteiger partial charge in [0.25, 0.3) is 0 Å². The summed E-state index contributed by atoms with van der Waals surface area (Å²) in [6, 6.07) is 2.02. The predicted molar refractivity (Wildman–Crippen MR) is 71.4 cm³/mol. The molecule has 0 saturated heterocycles. The number of aryl methyl sites for hydroxylation is 1. The Hall–Kier alpha value is -1.42. The van der Waals surface area contributed by atoms with Gasteiger partial charge in [-0.1, -0.05) is 19.3 Å². The summed E-state index contributed by atoms with van der Waals surface area (Å²) in [5, 5.41) is 4.48. The Labute approximate surface area is 107 Å². The third-order valence-corrected chi connectivity index (χ3v) is 3.98. The van der Waals surface area contributed by atoms with Crippen LogP contribution in [0.1, 0.15) is 55.0 Å². The van der Waals surface area contributed by atoms with Crippen LogP contribution in [0.3, 0.4) is 0 Å². The zero-order valence-corrected chi connectivity index (χ0v) is 10.9. The Balaban J connectivity index is 2.09. The molecular formula is C14H20N4. The van der Waals surface area contributed by atoms with Crippen molar-refractivity contribution in [3.63, 3.8) is 0 Å². The van der Waals surface area contributed by atoms with E-state index in [4.69, 9.17) is 5.73 Å². The van der Waals surface area contributed by atoms with Crippen molar-refractivity contribution < 1.29 is 0 Å². The van der Waals surface area contributed by atoms with E-state index in [0.717, 1.165) is 17.0 Å². The lowest BCUT2D eigenvalue weighted by Crippen LogP contribution is -2.08. The molecule has 0 atom stereocenters. The molecule has 4 nitrogen and oxygen atoms in total. The fourth-order valence-corrected chi connectivity index (χ4v) is 3.00. The molecule has 0 bridgehead atoms. The van der Waals surface area contributed by atoms with E-state index in [-0.39, 0.29) is 0 Å². The number of hydrogen-bond donors (Lipinski definition) is 1. The van der Waals surface area contributed by atoms with Crippen molar-refractivity contribution in [2.75, 3.05) is 0 Å². The zero-order chi connectivity index (χ0) is 12.5. The molecular weight excluding hydrogens is 224 g/mol. The van der Waals surface area contributed by atoms with E-state index in [2.05, 4.69) is 17.0 Å². The lowest BCUT2D eigenvalue weighted by Gasteiger charge is -2.20. The van der Waals surface area contributed by atoms with Gasteiger partial charge in [-0.3, -0.25) is 0 Å². The Morgan fingerprint density at radius 2 is 2.11 bits per heavy atom. The zero-order valence-electron chi connectivity index (χ0n) is 10.9. The molecule has 1 aliphatic carbocycles. The molecule has 0 radical (unpaired) electrons. The smallest absolute Gasteiger partial charge is 0.158 e. The van der Waals surface area contributed by atoms with E-state index in [9.17, 15) is 0 Å². The molecule has 1 saturated carbocycles. The number of hydrogen-bond acceptors (Lipinski definition) is 3. The van der Waals surface area contributed by atoms with Crippen LogP contribution < -0.4 is 5.73 Å². The van der Waals surface area contributed by atoms with Gasteiger partial charge < -0.3 is 5.73 Å². The fraction of sp³-hybridized carbons (Fsp3) is 0.571. The Morgan fingerprint density at radius 3 is 2.83 bits per heavy atom. The van der Waals surface area contributed by atoms with Crippen molar-refractivity contribution in [3.8, 4) is 0 Å². The predicted octanol–water partition coefficient (Wildman–Crippen LogP) is 2.54. The molecule has 0 aromatic carbocycles. The van der Waals surface area contributed by atoms with Crippen molar-refractivity contribution in [2.24, 2.45) is 5.73 Å². The van der Waals surface area contributed by atoms with E-state index in [1.54, 1.807) is 0 Å². The van der Waals surface area contributed by atoms with Crippen molar-refractivity contribution in [2.45, 2.75) is 51.5 Å². The quantitative estimate of drug-likeness (QED) is 0.883. The molecule has 2 aromatic rings. The maximum absolute atomic E-state index is 5.71. The SMILES string of the molecule is Cc1cc(CN)nc2c(C3CCCCC3)cnn12. The summed E-state index contributed by atoms with van der Waals surface area (Å²) in [6.07, 6.45) is 8.58. The van der Waals surface area contributed by atoms with Crippen molar-refractivity contribution >= 4 is 5.65 Å². The van der Waals surface area contributed by atoms with Crippen molar-refractivity contribution in [3.05, 3.63) is 29.2 Å². The summed E-state index contributed by atoms with van der Waals surface area (Å²) in [5.41, 5.74) is 10.1. The van der Waals surface area contributed by atoms with Gasteiger partial charge in [-0.25, -0.2) is 9.50 Å². The van der Waals surface area contributed by atoms with Crippen molar-refractivity contribution in [1.29, 1.82) is 0 Å². The largest absolute Gasteiger partial charge is 0.325 e. The van der Waals surface area contributed by atoms with Crippen LogP contribution in [-0.4, -0.2) is 14.6 Å². The molecule has 0 unspecified atom stereocenters. The lowest BCUT2D eigenvalue weighted by molar-refractivity contribution is 0.445. The first-order valence-electron chi connectivity index (χ1n) is 6.84. The molecule has 18 heavy (non-hydrogen) atoms. The minimum atomic E-state index is 0.493. The third-order valence-electron chi connectivity index (χ3n) is 3.98. The summed E-state index contributed by atoms with van der Waals surface area (Å²) < 4.78 is 1.95. The molecule has 0 aliphatic heterocycles. The van der Waals surface area contributed by atoms with Crippen LogP contribution in [0, 0.1) is 6.92 Å². The second-order valence-electron chi connectivity index (χ2n) is 5.26. The van der Waals surface area contributed by atoms with Gasteiger partial charge in [0.2, 0.25) is 0 Å². The van der Waals surface area contributed by atoms with Gasteiger partial charge in [0.15, 0.2) is 5.65 Å². The highest BCUT2D eigenvalue weighted by molar-refractivity contribution is 5.50. The van der Waals surface area contributed by atoms with Gasteiger partial charge in [-0.15, -0.1) is 0 Å². The minimum Gasteiger partial charge on any atom is -0.325 e. The second kappa shape index (κ2) is 4.69. The molecule has 2 N–H and O–H groups in total. The molecule has 0 spiro atoms. The molecule has 2 heterocycles. The van der Waals surface area contributed by atoms with Gasteiger partial charge in [0.05, 0.1) is 11.9 Å². The molecule has 0 amide bonds. The molecule has 1 fully saturated rings. The van der Waals surface area contributed by atoms with E-state index < -0.39 is 0 Å². The van der Waals surface area contributed by atoms with Gasteiger partial charge in [-0.2, -0.15) is 5.10 Å². The summed E-state index contributed by atoms with van der Waals surface area (Å²) in [4.78, 5) is 4.67. The minimum absolute atomic E-state index is 0.493. The maximum Gasteiger partial charge on any atom is 0.158 e. The van der Waals surface area contributed by atoms with Gasteiger partial charge >= 0.3 is 0 Å². The standard InChI is InChI=1S/C14H20N4/c1-10-7-12(8-15)17-14-13(9-16-18(10)14)11-5-3-2-4-6-11/h7,9,11H,2-6,8,15H2,1H3. The van der Waals surface area contributed by atoms with Crippen LogP contribution in [-0.2, 0) is 6.54 Å². The van der Waals surface area contributed by atoms with Gasteiger partial charge in [0.1, 0.15) is 0 Å². The summed E-state index contributed by atoms with van der Waals surface area (Å²) in [6.45, 7) is 2.55. The number of nitrogens with zero attached hydrogens (tertiary/aromatic N) is 3. The topological polar surface area (TPSA) is 56.2 Å². The van der Waals surface area contributed by atoms with E-state index in [1.807, 2.05) is 16.8 Å². The highest BCUT2D eigenvalue weighted by Crippen LogP contribution is 2.34. The Morgan fingerprint density at radius 1 is 1.33 bits per heavy atom. The van der Waals surface area contributed by atoms with Crippen LogP contribution in [0.25, 0.3) is 5.65 Å². The maximum atomic E-state index is 5.71. The van der Waals surface area contributed by atoms with E-state index in [1.165, 1.54) is 37.7 Å².